The number of benzene rings is 1. The lowest BCUT2D eigenvalue weighted by molar-refractivity contribution is -0.155. The first-order chi connectivity index (χ1) is 12.4. The number of carbonyl (C=O) groups excluding carboxylic acids is 2. The van der Waals surface area contributed by atoms with Crippen molar-refractivity contribution in [1.82, 2.24) is 9.80 Å². The molecule has 5 nitrogen and oxygen atoms in total. The lowest BCUT2D eigenvalue weighted by Gasteiger charge is -2.45. The van der Waals surface area contributed by atoms with Crippen LogP contribution in [0.2, 0.25) is 0 Å². The molecule has 0 N–H and O–H groups in total. The number of carbonyl (C=O) groups is 2. The molecule has 2 amide bonds. The highest BCUT2D eigenvalue weighted by molar-refractivity contribution is 7.08. The number of amides is 2. The molecule has 1 aromatic carbocycles. The van der Waals surface area contributed by atoms with Crippen molar-refractivity contribution in [1.29, 1.82) is 5.26 Å². The van der Waals surface area contributed by atoms with E-state index in [-0.39, 0.29) is 17.5 Å². The molecule has 2 aromatic rings. The van der Waals surface area contributed by atoms with E-state index < -0.39 is 5.54 Å². The van der Waals surface area contributed by atoms with Crippen LogP contribution in [0.1, 0.15) is 23.6 Å². The van der Waals surface area contributed by atoms with E-state index in [1.54, 1.807) is 37.9 Å². The van der Waals surface area contributed by atoms with Gasteiger partial charge in [-0.05, 0) is 23.9 Å². The van der Waals surface area contributed by atoms with Gasteiger partial charge < -0.3 is 9.80 Å². The molecule has 1 aromatic heterocycles. The lowest BCUT2D eigenvalue weighted by atomic mass is 9.87. The monoisotopic (exact) mass is 365 g/mol. The van der Waals surface area contributed by atoms with Crippen molar-refractivity contribution in [3.05, 3.63) is 63.5 Å². The third-order valence-electron chi connectivity index (χ3n) is 4.89. The number of piperazine rings is 1. The van der Waals surface area contributed by atoms with E-state index in [9.17, 15) is 14.9 Å². The van der Waals surface area contributed by atoms with Gasteiger partial charge in [-0.3, -0.25) is 9.59 Å². The van der Waals surface area contributed by atoms with Crippen molar-refractivity contribution >= 4 is 29.2 Å². The Morgan fingerprint density at radius 2 is 1.88 bits per heavy atom. The van der Waals surface area contributed by atoms with Gasteiger partial charge in [-0.15, -0.1) is 0 Å². The molecule has 3 rings (SSSR count). The zero-order valence-corrected chi connectivity index (χ0v) is 15.7. The van der Waals surface area contributed by atoms with Crippen LogP contribution in [0, 0.1) is 11.3 Å². The minimum Gasteiger partial charge on any atom is -0.326 e. The number of likely N-dealkylation sites (N-methyl/N-ethyl adjacent to an activating group) is 2. The Kier molecular flexibility index (Phi) is 4.66. The van der Waals surface area contributed by atoms with E-state index in [4.69, 9.17) is 0 Å². The van der Waals surface area contributed by atoms with Crippen LogP contribution in [0.5, 0.6) is 0 Å². The number of thiophene rings is 1. The molecule has 6 heteroatoms. The molecule has 1 unspecified atom stereocenters. The summed E-state index contributed by atoms with van der Waals surface area (Å²) in [7, 11) is 3.27. The number of hydrogen-bond donors (Lipinski definition) is 0. The largest absolute Gasteiger partial charge is 0.326 e. The van der Waals surface area contributed by atoms with Gasteiger partial charge in [0.05, 0.1) is 5.56 Å². The van der Waals surface area contributed by atoms with Crippen LogP contribution in [0.15, 0.2) is 46.8 Å². The number of nitriles is 1. The smallest absolute Gasteiger partial charge is 0.271 e. The van der Waals surface area contributed by atoms with Crippen LogP contribution < -0.4 is 0 Å². The highest BCUT2D eigenvalue weighted by Gasteiger charge is 2.48. The molecule has 1 aliphatic rings. The average Bonchev–Trinajstić information content (AvgIpc) is 3.10. The molecular weight excluding hydrogens is 346 g/mol. The lowest BCUT2D eigenvalue weighted by Crippen LogP contribution is -2.64. The van der Waals surface area contributed by atoms with Crippen molar-refractivity contribution in [3.8, 4) is 6.07 Å². The average molecular weight is 365 g/mol. The maximum Gasteiger partial charge on any atom is 0.271 e. The summed E-state index contributed by atoms with van der Waals surface area (Å²) in [5, 5.41) is 12.7. The fraction of sp³-hybridized carbons (Fsp3) is 0.250. The van der Waals surface area contributed by atoms with Crippen molar-refractivity contribution in [2.45, 2.75) is 18.9 Å². The standard InChI is InChI=1S/C20H19N3O2S/c1-20(10-14-7-5-4-6-8-14)19(25)22(2)17(18(24)23(20)3)9-15-12-26-13-16(15)11-21/h4-9,12-13H,10H2,1-3H3. The van der Waals surface area contributed by atoms with Gasteiger partial charge in [-0.25, -0.2) is 0 Å². The first kappa shape index (κ1) is 17.9. The quantitative estimate of drug-likeness (QED) is 0.786. The predicted octanol–water partition coefficient (Wildman–Crippen LogP) is 2.89. The second-order valence-electron chi connectivity index (χ2n) is 6.55. The SMILES string of the molecule is CN1C(=O)C(C)(Cc2ccccc2)N(C)C(=O)C1=Cc1cscc1C#N. The normalized spacial score (nSPS) is 22.0. The highest BCUT2D eigenvalue weighted by atomic mass is 32.1. The van der Waals surface area contributed by atoms with Gasteiger partial charge in [0.25, 0.3) is 11.8 Å². The van der Waals surface area contributed by atoms with Crippen molar-refractivity contribution in [3.63, 3.8) is 0 Å². The maximum atomic E-state index is 13.1. The number of nitrogens with zero attached hydrogens (tertiary/aromatic N) is 3. The Morgan fingerprint density at radius 1 is 1.19 bits per heavy atom. The Bertz CT molecular complexity index is 926. The van der Waals surface area contributed by atoms with E-state index >= 15 is 0 Å². The molecule has 132 valence electrons. The van der Waals surface area contributed by atoms with Gasteiger partial charge in [0, 0.05) is 31.5 Å². The van der Waals surface area contributed by atoms with Crippen molar-refractivity contribution < 1.29 is 9.59 Å². The summed E-state index contributed by atoms with van der Waals surface area (Å²) in [5.41, 5.74) is 1.46. The maximum absolute atomic E-state index is 13.1. The zero-order valence-electron chi connectivity index (χ0n) is 14.9. The highest BCUT2D eigenvalue weighted by Crippen LogP contribution is 2.31. The predicted molar refractivity (Wildman–Crippen MR) is 101 cm³/mol. The van der Waals surface area contributed by atoms with Gasteiger partial charge in [-0.2, -0.15) is 16.6 Å². The first-order valence-corrected chi connectivity index (χ1v) is 9.11. The first-order valence-electron chi connectivity index (χ1n) is 8.16. The van der Waals surface area contributed by atoms with Crippen molar-refractivity contribution in [2.24, 2.45) is 0 Å². The summed E-state index contributed by atoms with van der Waals surface area (Å²) in [6.07, 6.45) is 2.06. The second-order valence-corrected chi connectivity index (χ2v) is 7.29. The molecule has 0 saturated carbocycles. The van der Waals surface area contributed by atoms with Gasteiger partial charge in [0.2, 0.25) is 0 Å². The molecule has 0 spiro atoms. The molecule has 26 heavy (non-hydrogen) atoms. The Hall–Kier alpha value is -2.91. The number of hydrogen-bond acceptors (Lipinski definition) is 4. The fourth-order valence-electron chi connectivity index (χ4n) is 3.16. The Morgan fingerprint density at radius 3 is 2.54 bits per heavy atom. The van der Waals surface area contributed by atoms with Crippen LogP contribution in [0.3, 0.4) is 0 Å². The van der Waals surface area contributed by atoms with E-state index in [2.05, 4.69) is 6.07 Å². The van der Waals surface area contributed by atoms with Gasteiger partial charge in [0.1, 0.15) is 17.3 Å². The summed E-state index contributed by atoms with van der Waals surface area (Å²) in [6.45, 7) is 1.79. The summed E-state index contributed by atoms with van der Waals surface area (Å²) >= 11 is 1.39. The van der Waals surface area contributed by atoms with E-state index in [1.807, 2.05) is 30.3 Å². The van der Waals surface area contributed by atoms with Crippen LogP contribution in [0.25, 0.3) is 6.08 Å². The molecule has 2 heterocycles. The summed E-state index contributed by atoms with van der Waals surface area (Å²) in [6, 6.07) is 11.8. The van der Waals surface area contributed by atoms with Gasteiger partial charge in [0.15, 0.2) is 0 Å². The van der Waals surface area contributed by atoms with E-state index in [0.717, 1.165) is 5.56 Å². The fourth-order valence-corrected chi connectivity index (χ4v) is 3.89. The summed E-state index contributed by atoms with van der Waals surface area (Å²) in [4.78, 5) is 29.0. The molecule has 1 aliphatic heterocycles. The summed E-state index contributed by atoms with van der Waals surface area (Å²) < 4.78 is 0. The van der Waals surface area contributed by atoms with Crippen LogP contribution in [0.4, 0.5) is 0 Å². The minimum atomic E-state index is -0.961. The second kappa shape index (κ2) is 6.77. The molecule has 0 bridgehead atoms. The molecule has 1 atom stereocenters. The molecular formula is C20H19N3O2S. The zero-order chi connectivity index (χ0) is 18.9. The summed E-state index contributed by atoms with van der Waals surface area (Å²) in [5.74, 6) is -0.385. The van der Waals surface area contributed by atoms with Gasteiger partial charge in [-0.1, -0.05) is 30.3 Å². The van der Waals surface area contributed by atoms with Gasteiger partial charge >= 0.3 is 0 Å². The third-order valence-corrected chi connectivity index (χ3v) is 5.65. The topological polar surface area (TPSA) is 64.4 Å². The minimum absolute atomic E-state index is 0.150. The van der Waals surface area contributed by atoms with Crippen LogP contribution >= 0.6 is 11.3 Å². The molecule has 1 fully saturated rings. The van der Waals surface area contributed by atoms with E-state index in [1.165, 1.54) is 21.1 Å². The Labute approximate surface area is 156 Å². The third kappa shape index (κ3) is 2.91. The molecule has 0 radical (unpaired) electrons. The van der Waals surface area contributed by atoms with Crippen LogP contribution in [-0.4, -0.2) is 41.2 Å². The Balaban J connectivity index is 1.98. The van der Waals surface area contributed by atoms with E-state index in [0.29, 0.717) is 17.5 Å². The van der Waals surface area contributed by atoms with Crippen molar-refractivity contribution in [2.75, 3.05) is 14.1 Å². The number of rotatable bonds is 3. The van der Waals surface area contributed by atoms with Crippen LogP contribution in [-0.2, 0) is 16.0 Å². The molecule has 1 saturated heterocycles. The molecule has 0 aliphatic carbocycles.